The fourth-order valence-electron chi connectivity index (χ4n) is 2.34. The lowest BCUT2D eigenvalue weighted by atomic mass is 10.0. The van der Waals surface area contributed by atoms with Crippen LogP contribution in [-0.4, -0.2) is 16.3 Å². The predicted octanol–water partition coefficient (Wildman–Crippen LogP) is 4.03. The van der Waals surface area contributed by atoms with E-state index in [2.05, 4.69) is 26.3 Å². The maximum atomic E-state index is 14.1. The summed E-state index contributed by atoms with van der Waals surface area (Å²) >= 11 is 3.46. The van der Waals surface area contributed by atoms with Crippen molar-refractivity contribution < 1.29 is 8.78 Å². The average Bonchev–Trinajstić information content (AvgIpc) is 2.81. The third-order valence-electron chi connectivity index (χ3n) is 3.22. The van der Waals surface area contributed by atoms with Crippen molar-refractivity contribution in [2.24, 2.45) is 0 Å². The van der Waals surface area contributed by atoms with Crippen LogP contribution < -0.4 is 5.32 Å². The quantitative estimate of drug-likeness (QED) is 0.845. The summed E-state index contributed by atoms with van der Waals surface area (Å²) in [5.74, 6) is -0.884. The first-order chi connectivity index (χ1) is 10.1. The highest BCUT2D eigenvalue weighted by Crippen LogP contribution is 2.30. The first kappa shape index (κ1) is 16.1. The zero-order valence-electron chi connectivity index (χ0n) is 12.0. The van der Waals surface area contributed by atoms with E-state index in [4.69, 9.17) is 0 Å². The molecule has 1 unspecified atom stereocenters. The Kier molecular flexibility index (Phi) is 5.47. The second kappa shape index (κ2) is 7.13. The van der Waals surface area contributed by atoms with Gasteiger partial charge in [-0.05, 0) is 47.1 Å². The monoisotopic (exact) mass is 357 g/mol. The summed E-state index contributed by atoms with van der Waals surface area (Å²) in [6.45, 7) is 5.33. The van der Waals surface area contributed by atoms with Crippen LogP contribution in [0.5, 0.6) is 0 Å². The molecule has 2 aromatic rings. The summed E-state index contributed by atoms with van der Waals surface area (Å²) in [5.41, 5.74) is 1.10. The minimum Gasteiger partial charge on any atom is -0.305 e. The minimum absolute atomic E-state index is 0.287. The van der Waals surface area contributed by atoms with Gasteiger partial charge < -0.3 is 5.32 Å². The Balaban J connectivity index is 2.53. The van der Waals surface area contributed by atoms with E-state index in [0.29, 0.717) is 6.54 Å². The number of hydrogen-bond acceptors (Lipinski definition) is 2. The number of hydrogen-bond donors (Lipinski definition) is 1. The molecule has 0 aliphatic heterocycles. The van der Waals surface area contributed by atoms with E-state index in [-0.39, 0.29) is 5.56 Å². The molecule has 0 fully saturated rings. The summed E-state index contributed by atoms with van der Waals surface area (Å²) in [4.78, 5) is 0. The van der Waals surface area contributed by atoms with Gasteiger partial charge in [0.25, 0.3) is 0 Å². The average molecular weight is 358 g/mol. The second-order valence-electron chi connectivity index (χ2n) is 4.76. The van der Waals surface area contributed by atoms with Crippen molar-refractivity contribution in [3.05, 3.63) is 51.8 Å². The van der Waals surface area contributed by atoms with Crippen LogP contribution in [0.15, 0.2) is 28.9 Å². The molecule has 3 nitrogen and oxygen atoms in total. The molecule has 2 rings (SSSR count). The van der Waals surface area contributed by atoms with E-state index in [0.717, 1.165) is 35.3 Å². The van der Waals surface area contributed by atoms with Gasteiger partial charge in [-0.1, -0.05) is 13.8 Å². The number of aromatic nitrogens is 2. The topological polar surface area (TPSA) is 29.9 Å². The molecule has 114 valence electrons. The Morgan fingerprint density at radius 1 is 1.33 bits per heavy atom. The maximum absolute atomic E-state index is 14.1. The first-order valence-corrected chi connectivity index (χ1v) is 7.77. The molecule has 0 aliphatic rings. The smallest absolute Gasteiger partial charge is 0.128 e. The van der Waals surface area contributed by atoms with Crippen molar-refractivity contribution in [2.75, 3.05) is 6.54 Å². The molecule has 0 bridgehead atoms. The molecule has 0 saturated heterocycles. The summed E-state index contributed by atoms with van der Waals surface area (Å²) in [7, 11) is 0. The van der Waals surface area contributed by atoms with Crippen LogP contribution in [0.3, 0.4) is 0 Å². The normalized spacial score (nSPS) is 12.6. The lowest BCUT2D eigenvalue weighted by Gasteiger charge is -2.21. The number of aryl methyl sites for hydroxylation is 1. The van der Waals surface area contributed by atoms with Gasteiger partial charge in [-0.15, -0.1) is 0 Å². The van der Waals surface area contributed by atoms with Crippen LogP contribution in [-0.2, 0) is 6.54 Å². The summed E-state index contributed by atoms with van der Waals surface area (Å²) in [6, 6.07) is 3.07. The maximum Gasteiger partial charge on any atom is 0.128 e. The minimum atomic E-state index is -0.452. The Labute approximate surface area is 131 Å². The summed E-state index contributed by atoms with van der Waals surface area (Å²) in [6.07, 6.45) is 2.60. The predicted molar refractivity (Wildman–Crippen MR) is 82.1 cm³/mol. The molecule has 1 aromatic carbocycles. The third-order valence-corrected chi connectivity index (χ3v) is 3.83. The fourth-order valence-corrected chi connectivity index (χ4v) is 2.87. The van der Waals surface area contributed by atoms with Gasteiger partial charge in [0, 0.05) is 12.1 Å². The zero-order valence-corrected chi connectivity index (χ0v) is 13.6. The Hall–Kier alpha value is -1.27. The fraction of sp³-hybridized carbons (Fsp3) is 0.400. The van der Waals surface area contributed by atoms with E-state index in [1.807, 2.05) is 18.5 Å². The standard InChI is InChI=1S/C15H18BrF2N3/c1-3-7-21-15(12(16)9-20-21)14(19-4-2)11-8-10(17)5-6-13(11)18/h5-6,8-9,14,19H,3-4,7H2,1-2H3. The molecule has 0 saturated carbocycles. The van der Waals surface area contributed by atoms with E-state index in [9.17, 15) is 8.78 Å². The molecule has 6 heteroatoms. The van der Waals surface area contributed by atoms with Crippen molar-refractivity contribution >= 4 is 15.9 Å². The van der Waals surface area contributed by atoms with Crippen LogP contribution in [0.4, 0.5) is 8.78 Å². The molecule has 1 N–H and O–H groups in total. The first-order valence-electron chi connectivity index (χ1n) is 6.98. The molecule has 0 radical (unpaired) electrons. The van der Waals surface area contributed by atoms with Gasteiger partial charge in [0.1, 0.15) is 11.6 Å². The zero-order chi connectivity index (χ0) is 15.4. The van der Waals surface area contributed by atoms with Gasteiger partial charge in [-0.2, -0.15) is 5.10 Å². The number of rotatable bonds is 6. The molecule has 1 atom stereocenters. The third kappa shape index (κ3) is 3.49. The number of nitrogens with zero attached hydrogens (tertiary/aromatic N) is 2. The highest BCUT2D eigenvalue weighted by atomic mass is 79.9. The van der Waals surface area contributed by atoms with Gasteiger partial charge in [0.2, 0.25) is 0 Å². The molecule has 1 heterocycles. The van der Waals surface area contributed by atoms with Crippen LogP contribution in [0.2, 0.25) is 0 Å². The lowest BCUT2D eigenvalue weighted by molar-refractivity contribution is 0.496. The van der Waals surface area contributed by atoms with Crippen molar-refractivity contribution in [3.8, 4) is 0 Å². The van der Waals surface area contributed by atoms with Crippen LogP contribution in [0, 0.1) is 11.6 Å². The number of halogens is 3. The Bertz CT molecular complexity index is 613. The van der Waals surface area contributed by atoms with Crippen LogP contribution in [0.1, 0.15) is 37.6 Å². The van der Waals surface area contributed by atoms with Crippen LogP contribution in [0.25, 0.3) is 0 Å². The summed E-state index contributed by atoms with van der Waals surface area (Å²) < 4.78 is 30.2. The van der Waals surface area contributed by atoms with E-state index >= 15 is 0 Å². The van der Waals surface area contributed by atoms with Crippen molar-refractivity contribution in [1.82, 2.24) is 15.1 Å². The van der Waals surface area contributed by atoms with Gasteiger partial charge in [-0.25, -0.2) is 8.78 Å². The highest BCUT2D eigenvalue weighted by Gasteiger charge is 2.24. The highest BCUT2D eigenvalue weighted by molar-refractivity contribution is 9.10. The molecule has 0 aliphatic carbocycles. The van der Waals surface area contributed by atoms with Gasteiger partial charge >= 0.3 is 0 Å². The molecule has 0 spiro atoms. The Morgan fingerprint density at radius 2 is 2.10 bits per heavy atom. The van der Waals surface area contributed by atoms with Gasteiger partial charge in [0.05, 0.1) is 22.4 Å². The molecular weight excluding hydrogens is 340 g/mol. The molecule has 0 amide bonds. The van der Waals surface area contributed by atoms with E-state index in [1.54, 1.807) is 6.20 Å². The van der Waals surface area contributed by atoms with Crippen LogP contribution >= 0.6 is 15.9 Å². The molecule has 1 aromatic heterocycles. The van der Waals surface area contributed by atoms with E-state index in [1.165, 1.54) is 6.07 Å². The molecule has 21 heavy (non-hydrogen) atoms. The lowest BCUT2D eigenvalue weighted by Crippen LogP contribution is -2.26. The number of nitrogens with one attached hydrogen (secondary N) is 1. The van der Waals surface area contributed by atoms with Crippen molar-refractivity contribution in [1.29, 1.82) is 0 Å². The molecular formula is C15H18BrF2N3. The van der Waals surface area contributed by atoms with Crippen molar-refractivity contribution in [2.45, 2.75) is 32.9 Å². The number of benzene rings is 1. The SMILES string of the molecule is CCCn1ncc(Br)c1C(NCC)c1cc(F)ccc1F. The van der Waals surface area contributed by atoms with Gasteiger partial charge in [0.15, 0.2) is 0 Å². The second-order valence-corrected chi connectivity index (χ2v) is 5.61. The van der Waals surface area contributed by atoms with Gasteiger partial charge in [-0.3, -0.25) is 4.68 Å². The van der Waals surface area contributed by atoms with E-state index < -0.39 is 17.7 Å². The Morgan fingerprint density at radius 3 is 2.76 bits per heavy atom. The summed E-state index contributed by atoms with van der Waals surface area (Å²) in [5, 5.41) is 7.51. The van der Waals surface area contributed by atoms with Crippen molar-refractivity contribution in [3.63, 3.8) is 0 Å². The largest absolute Gasteiger partial charge is 0.305 e.